The summed E-state index contributed by atoms with van der Waals surface area (Å²) in [4.78, 5) is 0. The van der Waals surface area contributed by atoms with Crippen LogP contribution in [0.2, 0.25) is 11.6 Å². The van der Waals surface area contributed by atoms with E-state index in [9.17, 15) is 0 Å². The highest BCUT2D eigenvalue weighted by Gasteiger charge is 2.13. The topological polar surface area (TPSA) is 9.23 Å². The van der Waals surface area contributed by atoms with Crippen LogP contribution in [0.25, 0.3) is 0 Å². The first-order chi connectivity index (χ1) is 6.39. The van der Waals surface area contributed by atoms with Crippen LogP contribution in [-0.2, 0) is 5.41 Å². The molecule has 0 fully saturated rings. The van der Waals surface area contributed by atoms with E-state index in [1.807, 2.05) is 0 Å². The van der Waals surface area contributed by atoms with E-state index in [0.717, 1.165) is 5.75 Å². The lowest BCUT2D eigenvalue weighted by Crippen LogP contribution is -2.13. The molecule has 1 aromatic carbocycles. The molecule has 1 rings (SSSR count). The van der Waals surface area contributed by atoms with Crippen molar-refractivity contribution in [3.8, 4) is 5.75 Å². The van der Waals surface area contributed by atoms with Crippen LogP contribution in [-0.4, -0.2) is 14.5 Å². The molecule has 14 heavy (non-hydrogen) atoms. The van der Waals surface area contributed by atoms with Crippen molar-refractivity contribution in [2.24, 2.45) is 0 Å². The highest BCUT2D eigenvalue weighted by Crippen LogP contribution is 2.24. The van der Waals surface area contributed by atoms with E-state index >= 15 is 0 Å². The summed E-state index contributed by atoms with van der Waals surface area (Å²) in [6.45, 7) is 6.67. The Hall–Kier alpha value is -0.448. The molecule has 1 aromatic rings. The van der Waals surface area contributed by atoms with Crippen LogP contribution in [0.15, 0.2) is 24.3 Å². The summed E-state index contributed by atoms with van der Waals surface area (Å²) in [5.41, 5.74) is 1.59. The minimum absolute atomic E-state index is 0.230. The van der Waals surface area contributed by atoms with Crippen LogP contribution in [0, 0.1) is 0 Å². The van der Waals surface area contributed by atoms with Crippen molar-refractivity contribution in [1.82, 2.24) is 0 Å². The fourth-order valence-corrected chi connectivity index (χ4v) is 2.01. The van der Waals surface area contributed by atoms with Crippen molar-refractivity contribution < 1.29 is 3.79 Å². The SMILES string of the molecule is [CH3][Al]([CH3])[O]c1ccc(C(C)(C)C)cc1. The molecule has 0 heterocycles. The number of benzene rings is 1. The zero-order chi connectivity index (χ0) is 10.8. The largest absolute Gasteiger partial charge is 0.643 e. The van der Waals surface area contributed by atoms with Gasteiger partial charge in [0.1, 0.15) is 0 Å². The molecule has 0 aliphatic rings. The molecule has 1 nitrogen and oxygen atoms in total. The second-order valence-electron chi connectivity index (χ2n) is 4.94. The van der Waals surface area contributed by atoms with E-state index in [0.29, 0.717) is 0 Å². The normalized spacial score (nSPS) is 11.2. The minimum atomic E-state index is -0.955. The molecule has 0 aliphatic heterocycles. The van der Waals surface area contributed by atoms with Gasteiger partial charge in [0.25, 0.3) is 0 Å². The maximum absolute atomic E-state index is 5.72. The van der Waals surface area contributed by atoms with Crippen molar-refractivity contribution in [3.05, 3.63) is 29.8 Å². The Bertz CT molecular complexity index is 282. The van der Waals surface area contributed by atoms with E-state index in [1.54, 1.807) is 0 Å². The summed E-state index contributed by atoms with van der Waals surface area (Å²) in [6.07, 6.45) is 0. The molecule has 76 valence electrons. The predicted molar refractivity (Wildman–Crippen MR) is 63.3 cm³/mol. The molecule has 0 aliphatic carbocycles. The van der Waals surface area contributed by atoms with Crippen molar-refractivity contribution in [3.63, 3.8) is 0 Å². The Kier molecular flexibility index (Phi) is 3.64. The summed E-state index contributed by atoms with van der Waals surface area (Å²) < 4.78 is 5.72. The van der Waals surface area contributed by atoms with E-state index in [4.69, 9.17) is 3.79 Å². The van der Waals surface area contributed by atoms with Gasteiger partial charge in [0.15, 0.2) is 0 Å². The van der Waals surface area contributed by atoms with E-state index in [-0.39, 0.29) is 5.41 Å². The molecule has 0 aromatic heterocycles. The fourth-order valence-electron chi connectivity index (χ4n) is 1.31. The van der Waals surface area contributed by atoms with E-state index in [1.165, 1.54) is 5.56 Å². The highest BCUT2D eigenvalue weighted by molar-refractivity contribution is 6.49. The van der Waals surface area contributed by atoms with Crippen molar-refractivity contribution in [1.29, 1.82) is 0 Å². The van der Waals surface area contributed by atoms with Crippen molar-refractivity contribution >= 4 is 14.5 Å². The van der Waals surface area contributed by atoms with Gasteiger partial charge >= 0.3 is 14.5 Å². The van der Waals surface area contributed by atoms with Gasteiger partial charge < -0.3 is 3.79 Å². The van der Waals surface area contributed by atoms with Crippen molar-refractivity contribution in [2.75, 3.05) is 0 Å². The van der Waals surface area contributed by atoms with Gasteiger partial charge in [-0.25, -0.2) is 0 Å². The van der Waals surface area contributed by atoms with Gasteiger partial charge in [0, 0.05) is 0 Å². The van der Waals surface area contributed by atoms with Crippen LogP contribution in [0.4, 0.5) is 0 Å². The molecule has 0 amide bonds. The minimum Gasteiger partial charge on any atom is -0.643 e. The standard InChI is InChI=1S/C10H14O.2CH3.Al/c1-10(2,3)8-4-6-9(11)7-5-8;;;/h4-7,11H,1-3H3;2*1H3;/q;;;+1/p-1. The fraction of sp³-hybridized carbons (Fsp3) is 0.500. The van der Waals surface area contributed by atoms with E-state index < -0.39 is 14.5 Å². The van der Waals surface area contributed by atoms with Gasteiger partial charge in [-0.05, 0) is 23.1 Å². The maximum atomic E-state index is 5.72. The first-order valence-electron chi connectivity index (χ1n) is 5.17. The van der Waals surface area contributed by atoms with Gasteiger partial charge in [0.05, 0.1) is 5.75 Å². The zero-order valence-corrected chi connectivity index (χ0v) is 10.9. The van der Waals surface area contributed by atoms with Crippen LogP contribution in [0.3, 0.4) is 0 Å². The molecule has 2 heteroatoms. The first kappa shape index (κ1) is 11.6. The van der Waals surface area contributed by atoms with Gasteiger partial charge in [-0.15, -0.1) is 0 Å². The van der Waals surface area contributed by atoms with Crippen LogP contribution >= 0.6 is 0 Å². The molecule has 0 saturated carbocycles. The summed E-state index contributed by atoms with van der Waals surface area (Å²) in [5, 5.41) is 0. The average molecular weight is 206 g/mol. The number of hydrogen-bond acceptors (Lipinski definition) is 1. The van der Waals surface area contributed by atoms with E-state index in [2.05, 4.69) is 56.6 Å². The molecule has 0 bridgehead atoms. The monoisotopic (exact) mass is 206 g/mol. The quantitative estimate of drug-likeness (QED) is 0.671. The lowest BCUT2D eigenvalue weighted by atomic mass is 9.87. The average Bonchev–Trinajstić information content (AvgIpc) is 2.02. The molecule has 0 N–H and O–H groups in total. The molecule has 0 unspecified atom stereocenters. The third kappa shape index (κ3) is 3.36. The second-order valence-corrected chi connectivity index (χ2v) is 7.27. The summed E-state index contributed by atoms with van der Waals surface area (Å²) in [7, 11) is 0. The molecular formula is C12H19AlO. The Balaban J connectivity index is 2.79. The Morgan fingerprint density at radius 3 is 1.86 bits per heavy atom. The molecule has 0 spiro atoms. The number of hydrogen-bond donors (Lipinski definition) is 0. The second kappa shape index (κ2) is 4.38. The Morgan fingerprint density at radius 1 is 1.00 bits per heavy atom. The summed E-state index contributed by atoms with van der Waals surface area (Å²) >= 11 is -0.955. The zero-order valence-electron chi connectivity index (χ0n) is 9.79. The lowest BCUT2D eigenvalue weighted by molar-refractivity contribution is 0.570. The van der Waals surface area contributed by atoms with Crippen LogP contribution in [0.1, 0.15) is 26.3 Å². The van der Waals surface area contributed by atoms with Crippen molar-refractivity contribution in [2.45, 2.75) is 37.8 Å². The van der Waals surface area contributed by atoms with Gasteiger partial charge in [-0.3, -0.25) is 0 Å². The third-order valence-corrected chi connectivity index (χ3v) is 2.84. The smallest absolute Gasteiger partial charge is 0.539 e. The predicted octanol–water partition coefficient (Wildman–Crippen LogP) is 3.61. The molecular weight excluding hydrogens is 187 g/mol. The van der Waals surface area contributed by atoms with Gasteiger partial charge in [0.2, 0.25) is 0 Å². The Labute approximate surface area is 91.8 Å². The van der Waals surface area contributed by atoms with Gasteiger partial charge in [-0.1, -0.05) is 44.5 Å². The lowest BCUT2D eigenvalue weighted by Gasteiger charge is -2.19. The number of rotatable bonds is 2. The maximum Gasteiger partial charge on any atom is 0.539 e. The van der Waals surface area contributed by atoms with Crippen LogP contribution in [0.5, 0.6) is 5.75 Å². The highest BCUT2D eigenvalue weighted by atomic mass is 27.2. The van der Waals surface area contributed by atoms with Crippen LogP contribution < -0.4 is 3.79 Å². The first-order valence-corrected chi connectivity index (χ1v) is 7.95. The summed E-state index contributed by atoms with van der Waals surface area (Å²) in [6, 6.07) is 8.47. The molecule has 0 saturated heterocycles. The molecule has 0 atom stereocenters. The third-order valence-electron chi connectivity index (χ3n) is 2.09. The van der Waals surface area contributed by atoms with Gasteiger partial charge in [-0.2, -0.15) is 0 Å². The summed E-state index contributed by atoms with van der Waals surface area (Å²) in [5.74, 6) is 5.37. The molecule has 0 radical (unpaired) electrons. The Morgan fingerprint density at radius 2 is 1.50 bits per heavy atom.